The van der Waals surface area contributed by atoms with Gasteiger partial charge in [0.25, 0.3) is 5.91 Å². The number of thiazole rings is 1. The SMILES string of the molecule is COCCN(Cc1nc(C(=O)N2CCN(Cc3ccc4c(c3)OCO4)CC2)cs1)C(=O)Nc1ccccc1F. The Kier molecular flexibility index (Phi) is 8.54. The van der Waals surface area contributed by atoms with Crippen LogP contribution in [0.3, 0.4) is 0 Å². The first-order valence-corrected chi connectivity index (χ1v) is 13.5. The van der Waals surface area contributed by atoms with Gasteiger partial charge in [-0.15, -0.1) is 11.3 Å². The maximum absolute atomic E-state index is 14.0. The van der Waals surface area contributed by atoms with E-state index in [9.17, 15) is 14.0 Å². The Hall–Kier alpha value is -3.74. The van der Waals surface area contributed by atoms with Gasteiger partial charge in [0.2, 0.25) is 6.79 Å². The number of para-hydroxylation sites is 1. The van der Waals surface area contributed by atoms with E-state index < -0.39 is 11.8 Å². The van der Waals surface area contributed by atoms with E-state index >= 15 is 0 Å². The molecule has 2 aromatic carbocycles. The van der Waals surface area contributed by atoms with Gasteiger partial charge >= 0.3 is 6.03 Å². The number of hydrogen-bond acceptors (Lipinski definition) is 8. The van der Waals surface area contributed by atoms with Crippen LogP contribution < -0.4 is 14.8 Å². The lowest BCUT2D eigenvalue weighted by Crippen LogP contribution is -2.48. The maximum atomic E-state index is 14.0. The van der Waals surface area contributed by atoms with E-state index in [2.05, 4.69) is 15.2 Å². The van der Waals surface area contributed by atoms with Gasteiger partial charge in [0, 0.05) is 51.8 Å². The molecule has 1 fully saturated rings. The molecule has 3 amide bonds. The minimum Gasteiger partial charge on any atom is -0.454 e. The van der Waals surface area contributed by atoms with E-state index in [-0.39, 0.29) is 31.5 Å². The number of methoxy groups -OCH3 is 1. The Labute approximate surface area is 229 Å². The Bertz CT molecular complexity index is 1310. The van der Waals surface area contributed by atoms with Crippen LogP contribution in [0.15, 0.2) is 47.8 Å². The number of piperazine rings is 1. The van der Waals surface area contributed by atoms with Gasteiger partial charge in [-0.3, -0.25) is 9.69 Å². The summed E-state index contributed by atoms with van der Waals surface area (Å²) in [5, 5.41) is 4.93. The van der Waals surface area contributed by atoms with Crippen molar-refractivity contribution < 1.29 is 28.2 Å². The summed E-state index contributed by atoms with van der Waals surface area (Å²) < 4.78 is 30.0. The maximum Gasteiger partial charge on any atom is 0.322 e. The normalized spacial score (nSPS) is 14.9. The van der Waals surface area contributed by atoms with Gasteiger partial charge in [-0.25, -0.2) is 14.2 Å². The molecule has 0 aliphatic carbocycles. The molecule has 2 aliphatic heterocycles. The standard InChI is InChI=1S/C27H30FN5O5S/c1-36-13-12-33(27(35)30-21-5-3-2-4-20(21)28)16-25-29-22(17-39-25)26(34)32-10-8-31(9-11-32)15-19-6-7-23-24(14-19)38-18-37-23/h2-7,14,17H,8-13,15-16,18H2,1H3,(H,30,35). The zero-order valence-corrected chi connectivity index (χ0v) is 22.4. The third kappa shape index (κ3) is 6.64. The summed E-state index contributed by atoms with van der Waals surface area (Å²) in [5.41, 5.74) is 1.60. The van der Waals surface area contributed by atoms with Crippen molar-refractivity contribution in [2.75, 3.05) is 58.6 Å². The fourth-order valence-electron chi connectivity index (χ4n) is 4.42. The number of aromatic nitrogens is 1. The number of hydrogen-bond donors (Lipinski definition) is 1. The largest absolute Gasteiger partial charge is 0.454 e. The number of fused-ring (bicyclic) bond motifs is 1. The summed E-state index contributed by atoms with van der Waals surface area (Å²) in [5.74, 6) is 0.894. The van der Waals surface area contributed by atoms with Crippen LogP contribution in [0, 0.1) is 5.82 Å². The summed E-state index contributed by atoms with van der Waals surface area (Å²) in [7, 11) is 1.54. The van der Waals surface area contributed by atoms with E-state index in [1.165, 1.54) is 28.4 Å². The predicted octanol–water partition coefficient (Wildman–Crippen LogP) is 3.65. The molecule has 3 aromatic rings. The monoisotopic (exact) mass is 555 g/mol. The lowest BCUT2D eigenvalue weighted by atomic mass is 10.1. The molecule has 1 aromatic heterocycles. The fourth-order valence-corrected chi connectivity index (χ4v) is 5.21. The summed E-state index contributed by atoms with van der Waals surface area (Å²) in [6.07, 6.45) is 0. The molecule has 0 bridgehead atoms. The lowest BCUT2D eigenvalue weighted by Gasteiger charge is -2.34. The van der Waals surface area contributed by atoms with E-state index in [0.717, 1.165) is 36.7 Å². The van der Waals surface area contributed by atoms with Crippen LogP contribution in [-0.2, 0) is 17.8 Å². The van der Waals surface area contributed by atoms with Crippen molar-refractivity contribution >= 4 is 29.0 Å². The van der Waals surface area contributed by atoms with E-state index in [4.69, 9.17) is 14.2 Å². The van der Waals surface area contributed by atoms with Gasteiger partial charge in [0.15, 0.2) is 11.5 Å². The number of benzene rings is 2. The number of nitrogens with zero attached hydrogens (tertiary/aromatic N) is 4. The van der Waals surface area contributed by atoms with E-state index in [0.29, 0.717) is 30.4 Å². The van der Waals surface area contributed by atoms with Crippen LogP contribution in [0.2, 0.25) is 0 Å². The molecule has 0 radical (unpaired) electrons. The highest BCUT2D eigenvalue weighted by molar-refractivity contribution is 7.09. The molecule has 1 saturated heterocycles. The van der Waals surface area contributed by atoms with Crippen molar-refractivity contribution in [1.29, 1.82) is 0 Å². The fraction of sp³-hybridized carbons (Fsp3) is 0.370. The van der Waals surface area contributed by atoms with E-state index in [1.807, 2.05) is 23.1 Å². The van der Waals surface area contributed by atoms with Gasteiger partial charge in [0.1, 0.15) is 16.5 Å². The highest BCUT2D eigenvalue weighted by atomic mass is 32.1. The molecule has 0 atom stereocenters. The molecular weight excluding hydrogens is 525 g/mol. The van der Waals surface area contributed by atoms with Crippen LogP contribution >= 0.6 is 11.3 Å². The molecule has 1 N–H and O–H groups in total. The number of ether oxygens (including phenoxy) is 3. The Morgan fingerprint density at radius 2 is 1.92 bits per heavy atom. The van der Waals surface area contributed by atoms with Crippen LogP contribution in [-0.4, -0.2) is 84.9 Å². The second kappa shape index (κ2) is 12.4. The molecule has 0 spiro atoms. The molecule has 3 heterocycles. The van der Waals surface area contributed by atoms with Gasteiger partial charge < -0.3 is 29.3 Å². The van der Waals surface area contributed by atoms with Crippen molar-refractivity contribution in [3.05, 3.63) is 69.9 Å². The number of nitrogens with one attached hydrogen (secondary N) is 1. The van der Waals surface area contributed by atoms with Crippen LogP contribution in [0.1, 0.15) is 21.1 Å². The summed E-state index contributed by atoms with van der Waals surface area (Å²) >= 11 is 1.31. The summed E-state index contributed by atoms with van der Waals surface area (Å²) in [6, 6.07) is 11.5. The molecule has 0 unspecified atom stereocenters. The van der Waals surface area contributed by atoms with Gasteiger partial charge in [-0.2, -0.15) is 0 Å². The number of urea groups is 1. The van der Waals surface area contributed by atoms with Crippen LogP contribution in [0.4, 0.5) is 14.9 Å². The zero-order chi connectivity index (χ0) is 27.2. The zero-order valence-electron chi connectivity index (χ0n) is 21.6. The number of carbonyl (C=O) groups is 2. The molecular formula is C27H30FN5O5S. The predicted molar refractivity (Wildman–Crippen MR) is 144 cm³/mol. The van der Waals surface area contributed by atoms with Crippen molar-refractivity contribution in [3.8, 4) is 11.5 Å². The Morgan fingerprint density at radius 3 is 2.72 bits per heavy atom. The smallest absolute Gasteiger partial charge is 0.322 e. The molecule has 5 rings (SSSR count). The van der Waals surface area contributed by atoms with Crippen LogP contribution in [0.5, 0.6) is 11.5 Å². The third-order valence-corrected chi connectivity index (χ3v) is 7.40. The van der Waals surface area contributed by atoms with Crippen LogP contribution in [0.25, 0.3) is 0 Å². The highest BCUT2D eigenvalue weighted by Crippen LogP contribution is 2.33. The first-order valence-electron chi connectivity index (χ1n) is 12.6. The number of halogens is 1. The number of carbonyl (C=O) groups excluding carboxylic acids is 2. The molecule has 10 nitrogen and oxygen atoms in total. The molecule has 39 heavy (non-hydrogen) atoms. The highest BCUT2D eigenvalue weighted by Gasteiger charge is 2.25. The summed E-state index contributed by atoms with van der Waals surface area (Å²) in [6.45, 7) is 4.48. The Morgan fingerprint density at radius 1 is 1.13 bits per heavy atom. The lowest BCUT2D eigenvalue weighted by molar-refractivity contribution is 0.0623. The molecule has 206 valence electrons. The number of rotatable bonds is 9. The second-order valence-electron chi connectivity index (χ2n) is 9.21. The van der Waals surface area contributed by atoms with Gasteiger partial charge in [0.05, 0.1) is 18.8 Å². The Balaban J connectivity index is 1.15. The number of amides is 3. The molecule has 2 aliphatic rings. The van der Waals surface area contributed by atoms with Gasteiger partial charge in [-0.05, 0) is 29.8 Å². The first kappa shape index (κ1) is 26.9. The van der Waals surface area contributed by atoms with Crippen molar-refractivity contribution in [3.63, 3.8) is 0 Å². The first-order chi connectivity index (χ1) is 19.0. The minimum absolute atomic E-state index is 0.0950. The number of anilines is 1. The minimum atomic E-state index is -0.518. The van der Waals surface area contributed by atoms with Crippen molar-refractivity contribution in [2.45, 2.75) is 13.1 Å². The average Bonchev–Trinajstić information content (AvgIpc) is 3.62. The third-order valence-electron chi connectivity index (χ3n) is 6.57. The van der Waals surface area contributed by atoms with E-state index in [1.54, 1.807) is 24.6 Å². The molecule has 12 heteroatoms. The van der Waals surface area contributed by atoms with Crippen molar-refractivity contribution in [2.24, 2.45) is 0 Å². The average molecular weight is 556 g/mol. The summed E-state index contributed by atoms with van der Waals surface area (Å²) in [4.78, 5) is 36.1. The second-order valence-corrected chi connectivity index (χ2v) is 10.1. The topological polar surface area (TPSA) is 96.5 Å². The quantitative estimate of drug-likeness (QED) is 0.431. The molecule has 0 saturated carbocycles. The van der Waals surface area contributed by atoms with Crippen molar-refractivity contribution in [1.82, 2.24) is 19.7 Å². The van der Waals surface area contributed by atoms with Gasteiger partial charge in [-0.1, -0.05) is 18.2 Å².